The van der Waals surface area contributed by atoms with Crippen LogP contribution in [-0.4, -0.2) is 35.6 Å². The molecule has 0 fully saturated rings. The molecule has 4 aromatic rings. The number of hydrogen-bond acceptors (Lipinski definition) is 4. The standard InChI is InChI=1S/C32H37N5O/c1-4-10-24(11-5-2)21-34-22-25-14-16-26(17-15-25)32(38)35-18-8-9-19-37-23-36-30-29(33-3)20-27-12-6-7-13-28(27)31(30)37/h4-7,10-17,20,23,33-34H,1,8-9,18-19,21-22H2,2-3H3,(H,35,38)/b11-5-,24-10+. The Morgan fingerprint density at radius 2 is 1.92 bits per heavy atom. The number of unbranched alkanes of at least 4 members (excludes halogenated alkanes) is 1. The van der Waals surface area contributed by atoms with Crippen molar-refractivity contribution in [2.75, 3.05) is 25.5 Å². The fourth-order valence-electron chi connectivity index (χ4n) is 4.66. The normalized spacial score (nSPS) is 11.9. The number of imidazole rings is 1. The minimum Gasteiger partial charge on any atom is -0.386 e. The molecule has 38 heavy (non-hydrogen) atoms. The van der Waals surface area contributed by atoms with Crippen molar-refractivity contribution >= 4 is 33.4 Å². The molecule has 0 unspecified atom stereocenters. The van der Waals surface area contributed by atoms with E-state index in [0.717, 1.165) is 54.8 Å². The molecule has 0 bridgehead atoms. The summed E-state index contributed by atoms with van der Waals surface area (Å²) in [7, 11) is 1.93. The summed E-state index contributed by atoms with van der Waals surface area (Å²) in [6, 6.07) is 18.3. The third kappa shape index (κ3) is 6.58. The number of aromatic nitrogens is 2. The number of fused-ring (bicyclic) bond motifs is 3. The van der Waals surface area contributed by atoms with Crippen molar-refractivity contribution in [2.24, 2.45) is 0 Å². The predicted octanol–water partition coefficient (Wildman–Crippen LogP) is 6.22. The number of amides is 1. The monoisotopic (exact) mass is 507 g/mol. The van der Waals surface area contributed by atoms with E-state index in [4.69, 9.17) is 0 Å². The molecule has 1 amide bonds. The van der Waals surface area contributed by atoms with E-state index in [9.17, 15) is 4.79 Å². The van der Waals surface area contributed by atoms with E-state index in [-0.39, 0.29) is 5.91 Å². The van der Waals surface area contributed by atoms with Gasteiger partial charge in [0.05, 0.1) is 17.5 Å². The van der Waals surface area contributed by atoms with E-state index in [1.165, 1.54) is 16.3 Å². The van der Waals surface area contributed by atoms with Crippen molar-refractivity contribution in [1.82, 2.24) is 20.2 Å². The number of aryl methyl sites for hydroxylation is 1. The van der Waals surface area contributed by atoms with Crippen LogP contribution in [0.1, 0.15) is 35.7 Å². The SMILES string of the molecule is C=C/C=C(\C=C/C)CNCc1ccc(C(=O)NCCCCn2cnc3c(NC)cc4ccccc4c32)cc1. The van der Waals surface area contributed by atoms with Crippen LogP contribution >= 0.6 is 0 Å². The minimum atomic E-state index is -0.0356. The highest BCUT2D eigenvalue weighted by Crippen LogP contribution is 2.31. The van der Waals surface area contributed by atoms with Gasteiger partial charge < -0.3 is 20.5 Å². The van der Waals surface area contributed by atoms with Crippen LogP contribution in [0.15, 0.2) is 97.4 Å². The maximum Gasteiger partial charge on any atom is 0.251 e. The fraction of sp³-hybridized carbons (Fsp3) is 0.250. The second-order valence-electron chi connectivity index (χ2n) is 9.27. The van der Waals surface area contributed by atoms with Gasteiger partial charge in [0, 0.05) is 44.2 Å². The molecule has 0 saturated heterocycles. The summed E-state index contributed by atoms with van der Waals surface area (Å²) < 4.78 is 2.22. The van der Waals surface area contributed by atoms with Gasteiger partial charge in [0.15, 0.2) is 0 Å². The zero-order valence-corrected chi connectivity index (χ0v) is 22.3. The molecule has 196 valence electrons. The van der Waals surface area contributed by atoms with Crippen molar-refractivity contribution in [2.45, 2.75) is 32.9 Å². The first-order valence-corrected chi connectivity index (χ1v) is 13.2. The Morgan fingerprint density at radius 3 is 2.68 bits per heavy atom. The van der Waals surface area contributed by atoms with Gasteiger partial charge in [-0.2, -0.15) is 0 Å². The van der Waals surface area contributed by atoms with Crippen molar-refractivity contribution in [3.63, 3.8) is 0 Å². The third-order valence-corrected chi connectivity index (χ3v) is 6.58. The molecule has 0 aliphatic heterocycles. The largest absolute Gasteiger partial charge is 0.386 e. The summed E-state index contributed by atoms with van der Waals surface area (Å²) >= 11 is 0. The second kappa shape index (κ2) is 13.4. The summed E-state index contributed by atoms with van der Waals surface area (Å²) in [5.74, 6) is -0.0356. The molecule has 6 nitrogen and oxygen atoms in total. The number of nitrogens with one attached hydrogen (secondary N) is 3. The Labute approximate surface area is 225 Å². The van der Waals surface area contributed by atoms with Gasteiger partial charge in [-0.1, -0.05) is 67.3 Å². The van der Waals surface area contributed by atoms with E-state index in [1.807, 2.05) is 56.7 Å². The van der Waals surface area contributed by atoms with Crippen LogP contribution in [-0.2, 0) is 13.1 Å². The van der Waals surface area contributed by atoms with E-state index >= 15 is 0 Å². The van der Waals surface area contributed by atoms with Gasteiger partial charge in [0.2, 0.25) is 0 Å². The molecule has 1 aromatic heterocycles. The van der Waals surface area contributed by atoms with Gasteiger partial charge in [-0.3, -0.25) is 4.79 Å². The Bertz CT molecular complexity index is 1450. The summed E-state index contributed by atoms with van der Waals surface area (Å²) in [5.41, 5.74) is 6.18. The maximum absolute atomic E-state index is 12.6. The lowest BCUT2D eigenvalue weighted by Gasteiger charge is -2.10. The lowest BCUT2D eigenvalue weighted by molar-refractivity contribution is 0.0953. The highest BCUT2D eigenvalue weighted by Gasteiger charge is 2.12. The molecular formula is C32H37N5O. The van der Waals surface area contributed by atoms with Gasteiger partial charge in [0.1, 0.15) is 5.52 Å². The summed E-state index contributed by atoms with van der Waals surface area (Å²) in [4.78, 5) is 17.3. The first kappa shape index (κ1) is 26.9. The molecule has 0 atom stereocenters. The van der Waals surface area contributed by atoms with Gasteiger partial charge in [0.25, 0.3) is 5.91 Å². The molecule has 0 aliphatic carbocycles. The van der Waals surface area contributed by atoms with E-state index in [1.54, 1.807) is 6.08 Å². The van der Waals surface area contributed by atoms with E-state index in [0.29, 0.717) is 12.1 Å². The molecule has 3 N–H and O–H groups in total. The zero-order valence-electron chi connectivity index (χ0n) is 22.3. The molecule has 0 saturated carbocycles. The minimum absolute atomic E-state index is 0.0356. The van der Waals surface area contributed by atoms with Crippen LogP contribution in [0, 0.1) is 0 Å². The number of hydrogen-bond donors (Lipinski definition) is 3. The molecule has 0 spiro atoms. The average molecular weight is 508 g/mol. The lowest BCUT2D eigenvalue weighted by Crippen LogP contribution is -2.24. The lowest BCUT2D eigenvalue weighted by atomic mass is 10.1. The van der Waals surface area contributed by atoms with Crippen LogP contribution in [0.4, 0.5) is 5.69 Å². The first-order chi connectivity index (χ1) is 18.6. The van der Waals surface area contributed by atoms with Gasteiger partial charge in [-0.05, 0) is 54.5 Å². The fourth-order valence-corrected chi connectivity index (χ4v) is 4.66. The Kier molecular flexibility index (Phi) is 9.48. The number of allylic oxidation sites excluding steroid dienone is 3. The number of rotatable bonds is 13. The van der Waals surface area contributed by atoms with E-state index in [2.05, 4.69) is 68.5 Å². The smallest absolute Gasteiger partial charge is 0.251 e. The number of carbonyl (C=O) groups excluding carboxylic acids is 1. The second-order valence-corrected chi connectivity index (χ2v) is 9.27. The summed E-state index contributed by atoms with van der Waals surface area (Å²) in [6.07, 6.45) is 11.6. The molecular weight excluding hydrogens is 470 g/mol. The van der Waals surface area contributed by atoms with Crippen LogP contribution in [0.25, 0.3) is 21.8 Å². The van der Waals surface area contributed by atoms with Crippen molar-refractivity contribution < 1.29 is 4.79 Å². The van der Waals surface area contributed by atoms with Gasteiger partial charge in [-0.15, -0.1) is 0 Å². The summed E-state index contributed by atoms with van der Waals surface area (Å²) in [6.45, 7) is 8.76. The van der Waals surface area contributed by atoms with Crippen LogP contribution in [0.3, 0.4) is 0 Å². The van der Waals surface area contributed by atoms with Crippen LogP contribution < -0.4 is 16.0 Å². The summed E-state index contributed by atoms with van der Waals surface area (Å²) in [5, 5.41) is 12.2. The number of carbonyl (C=O) groups is 1. The van der Waals surface area contributed by atoms with Crippen molar-refractivity contribution in [3.8, 4) is 0 Å². The first-order valence-electron chi connectivity index (χ1n) is 13.2. The number of benzene rings is 3. The van der Waals surface area contributed by atoms with E-state index < -0.39 is 0 Å². The molecule has 4 rings (SSSR count). The maximum atomic E-state index is 12.6. The predicted molar refractivity (Wildman–Crippen MR) is 160 cm³/mol. The van der Waals surface area contributed by atoms with Crippen molar-refractivity contribution in [1.29, 1.82) is 0 Å². The average Bonchev–Trinajstić information content (AvgIpc) is 3.37. The molecule has 0 aliphatic rings. The number of nitrogens with zero attached hydrogens (tertiary/aromatic N) is 2. The third-order valence-electron chi connectivity index (χ3n) is 6.58. The Balaban J connectivity index is 1.25. The van der Waals surface area contributed by atoms with Crippen LogP contribution in [0.5, 0.6) is 0 Å². The molecule has 6 heteroatoms. The van der Waals surface area contributed by atoms with Gasteiger partial charge >= 0.3 is 0 Å². The number of anilines is 1. The Hall–Kier alpha value is -4.16. The molecule has 1 heterocycles. The highest BCUT2D eigenvalue weighted by atomic mass is 16.1. The van der Waals surface area contributed by atoms with Gasteiger partial charge in [-0.25, -0.2) is 4.98 Å². The van der Waals surface area contributed by atoms with Crippen molar-refractivity contribution in [3.05, 3.63) is 109 Å². The quantitative estimate of drug-likeness (QED) is 0.148. The molecule has 3 aromatic carbocycles. The highest BCUT2D eigenvalue weighted by molar-refractivity contribution is 6.09. The topological polar surface area (TPSA) is 71.0 Å². The Morgan fingerprint density at radius 1 is 1.11 bits per heavy atom. The zero-order chi connectivity index (χ0) is 26.7. The molecule has 0 radical (unpaired) electrons. The van der Waals surface area contributed by atoms with Crippen LogP contribution in [0.2, 0.25) is 0 Å².